The van der Waals surface area contributed by atoms with E-state index in [1.807, 2.05) is 0 Å². The fourth-order valence-electron chi connectivity index (χ4n) is 1.85. The van der Waals surface area contributed by atoms with Gasteiger partial charge in [0.15, 0.2) is 6.61 Å². The highest BCUT2D eigenvalue weighted by molar-refractivity contribution is 6.31. The van der Waals surface area contributed by atoms with Crippen LogP contribution < -0.4 is 15.8 Å². The molecule has 1 amide bonds. The van der Waals surface area contributed by atoms with E-state index < -0.39 is 18.5 Å². The second-order valence-electron chi connectivity index (χ2n) is 4.56. The number of methoxy groups -OCH3 is 1. The molecule has 0 spiro atoms. The molecule has 0 aliphatic carbocycles. The highest BCUT2D eigenvalue weighted by Crippen LogP contribution is 2.23. The number of hydrogen-bond acceptors (Lipinski definition) is 5. The third-order valence-electron chi connectivity index (χ3n) is 2.95. The van der Waals surface area contributed by atoms with Gasteiger partial charge >= 0.3 is 5.97 Å². The third kappa shape index (κ3) is 4.37. The van der Waals surface area contributed by atoms with Crippen LogP contribution >= 0.6 is 11.6 Å². The molecule has 3 N–H and O–H groups in total. The molecule has 6 nitrogen and oxygen atoms in total. The minimum Gasteiger partial charge on any atom is -0.495 e. The lowest BCUT2D eigenvalue weighted by molar-refractivity contribution is -0.119. The lowest BCUT2D eigenvalue weighted by atomic mass is 10.2. The Balaban J connectivity index is 1.96. The highest BCUT2D eigenvalue weighted by Gasteiger charge is 2.14. The first kappa shape index (κ1) is 16.6. The molecule has 2 aromatic carbocycles. The number of amides is 1. The van der Waals surface area contributed by atoms with E-state index in [0.717, 1.165) is 0 Å². The summed E-state index contributed by atoms with van der Waals surface area (Å²) in [5.41, 5.74) is 6.51. The van der Waals surface area contributed by atoms with E-state index in [0.29, 0.717) is 16.5 Å². The Morgan fingerprint density at radius 1 is 1.22 bits per heavy atom. The Labute approximate surface area is 138 Å². The van der Waals surface area contributed by atoms with Gasteiger partial charge in [-0.25, -0.2) is 4.79 Å². The lowest BCUT2D eigenvalue weighted by Gasteiger charge is -2.10. The fraction of sp³-hybridized carbons (Fsp3) is 0.125. The van der Waals surface area contributed by atoms with E-state index in [9.17, 15) is 9.59 Å². The predicted molar refractivity (Wildman–Crippen MR) is 87.8 cm³/mol. The van der Waals surface area contributed by atoms with E-state index >= 15 is 0 Å². The summed E-state index contributed by atoms with van der Waals surface area (Å²) in [5, 5.41) is 2.95. The Kier molecular flexibility index (Phi) is 5.43. The van der Waals surface area contributed by atoms with Crippen LogP contribution in [0.25, 0.3) is 0 Å². The number of halogens is 1. The van der Waals surface area contributed by atoms with Crippen molar-refractivity contribution in [2.24, 2.45) is 0 Å². The van der Waals surface area contributed by atoms with E-state index in [1.165, 1.54) is 19.2 Å². The number of nitrogen functional groups attached to an aromatic ring is 1. The van der Waals surface area contributed by atoms with Crippen LogP contribution in [0.4, 0.5) is 11.4 Å². The van der Waals surface area contributed by atoms with E-state index in [-0.39, 0.29) is 11.3 Å². The molecule has 23 heavy (non-hydrogen) atoms. The molecule has 0 aromatic heterocycles. The molecule has 0 heterocycles. The van der Waals surface area contributed by atoms with Crippen molar-refractivity contribution in [2.45, 2.75) is 0 Å². The summed E-state index contributed by atoms with van der Waals surface area (Å²) >= 11 is 5.81. The molecule has 0 saturated heterocycles. The van der Waals surface area contributed by atoms with Gasteiger partial charge in [-0.15, -0.1) is 0 Å². The smallest absolute Gasteiger partial charge is 0.340 e. The maximum Gasteiger partial charge on any atom is 0.340 e. The average Bonchev–Trinajstić information content (AvgIpc) is 2.55. The molecular formula is C16H15ClN2O4. The van der Waals surface area contributed by atoms with Crippen molar-refractivity contribution in [3.63, 3.8) is 0 Å². The van der Waals surface area contributed by atoms with Gasteiger partial charge in [0.05, 0.1) is 18.4 Å². The van der Waals surface area contributed by atoms with Crippen LogP contribution in [0.2, 0.25) is 5.02 Å². The lowest BCUT2D eigenvalue weighted by Crippen LogP contribution is -2.21. The van der Waals surface area contributed by atoms with Crippen molar-refractivity contribution in [1.29, 1.82) is 0 Å². The predicted octanol–water partition coefficient (Wildman–Crippen LogP) is 2.73. The van der Waals surface area contributed by atoms with Gasteiger partial charge < -0.3 is 20.5 Å². The van der Waals surface area contributed by atoms with Gasteiger partial charge in [0.25, 0.3) is 5.91 Å². The molecule has 0 fully saturated rings. The number of anilines is 2. The Morgan fingerprint density at radius 2 is 1.96 bits per heavy atom. The molecule has 2 aromatic rings. The van der Waals surface area contributed by atoms with Gasteiger partial charge in [-0.3, -0.25) is 4.79 Å². The Hall–Kier alpha value is -2.73. The number of carbonyl (C=O) groups is 2. The van der Waals surface area contributed by atoms with E-state index in [4.69, 9.17) is 26.8 Å². The SMILES string of the molecule is COc1ccccc1NC(=O)COC(=O)c1cc(Cl)ccc1N. The van der Waals surface area contributed by atoms with Crippen LogP contribution in [0.3, 0.4) is 0 Å². The first-order valence-corrected chi connectivity index (χ1v) is 7.04. The first-order valence-electron chi connectivity index (χ1n) is 6.66. The number of esters is 1. The van der Waals surface area contributed by atoms with Gasteiger partial charge in [-0.1, -0.05) is 23.7 Å². The standard InChI is InChI=1S/C16H15ClN2O4/c1-22-14-5-3-2-4-13(14)19-15(20)9-23-16(21)11-8-10(17)6-7-12(11)18/h2-8H,9,18H2,1H3,(H,19,20). The maximum atomic E-state index is 11.9. The summed E-state index contributed by atoms with van der Waals surface area (Å²) in [6, 6.07) is 11.3. The summed E-state index contributed by atoms with van der Waals surface area (Å²) in [4.78, 5) is 23.8. The van der Waals surface area contributed by atoms with Gasteiger partial charge in [0.2, 0.25) is 0 Å². The molecule has 7 heteroatoms. The van der Waals surface area contributed by atoms with Crippen molar-refractivity contribution in [1.82, 2.24) is 0 Å². The van der Waals surface area contributed by atoms with Crippen molar-refractivity contribution in [3.05, 3.63) is 53.1 Å². The largest absolute Gasteiger partial charge is 0.495 e. The molecule has 0 bridgehead atoms. The summed E-state index contributed by atoms with van der Waals surface area (Å²) < 4.78 is 10.1. The second-order valence-corrected chi connectivity index (χ2v) is 4.99. The van der Waals surface area contributed by atoms with Gasteiger partial charge in [0, 0.05) is 10.7 Å². The summed E-state index contributed by atoms with van der Waals surface area (Å²) in [5.74, 6) is -0.713. The van der Waals surface area contributed by atoms with Crippen LogP contribution in [0.5, 0.6) is 5.75 Å². The van der Waals surface area contributed by atoms with Crippen LogP contribution in [-0.2, 0) is 9.53 Å². The quantitative estimate of drug-likeness (QED) is 0.648. The average molecular weight is 335 g/mol. The fourth-order valence-corrected chi connectivity index (χ4v) is 2.02. The second kappa shape index (κ2) is 7.51. The number of rotatable bonds is 5. The monoisotopic (exact) mass is 334 g/mol. The molecule has 0 aliphatic rings. The molecule has 0 unspecified atom stereocenters. The van der Waals surface area contributed by atoms with E-state index in [2.05, 4.69) is 5.32 Å². The molecule has 0 radical (unpaired) electrons. The van der Waals surface area contributed by atoms with Crippen molar-refractivity contribution in [2.75, 3.05) is 24.8 Å². The number of ether oxygens (including phenoxy) is 2. The zero-order chi connectivity index (χ0) is 16.8. The molecular weight excluding hydrogens is 320 g/mol. The highest BCUT2D eigenvalue weighted by atomic mass is 35.5. The number of nitrogens with two attached hydrogens (primary N) is 1. The van der Waals surface area contributed by atoms with Crippen molar-refractivity contribution < 1.29 is 19.1 Å². The summed E-state index contributed by atoms with van der Waals surface area (Å²) in [6.07, 6.45) is 0. The molecule has 0 atom stereocenters. The molecule has 2 rings (SSSR count). The third-order valence-corrected chi connectivity index (χ3v) is 3.19. The molecule has 0 aliphatic heterocycles. The van der Waals surface area contributed by atoms with Crippen molar-refractivity contribution in [3.8, 4) is 5.75 Å². The number of carbonyl (C=O) groups excluding carboxylic acids is 2. The Morgan fingerprint density at radius 3 is 2.70 bits per heavy atom. The van der Waals surface area contributed by atoms with Crippen molar-refractivity contribution >= 4 is 34.9 Å². The van der Waals surface area contributed by atoms with E-state index in [1.54, 1.807) is 30.3 Å². The zero-order valence-corrected chi connectivity index (χ0v) is 13.1. The number of nitrogens with one attached hydrogen (secondary N) is 1. The zero-order valence-electron chi connectivity index (χ0n) is 12.3. The molecule has 120 valence electrons. The first-order chi connectivity index (χ1) is 11.0. The number of benzene rings is 2. The van der Waals surface area contributed by atoms with Crippen LogP contribution in [0.1, 0.15) is 10.4 Å². The minimum atomic E-state index is -0.722. The molecule has 0 saturated carbocycles. The Bertz CT molecular complexity index is 734. The topological polar surface area (TPSA) is 90.6 Å². The summed E-state index contributed by atoms with van der Waals surface area (Å²) in [7, 11) is 1.49. The van der Waals surface area contributed by atoms with Gasteiger partial charge in [-0.05, 0) is 30.3 Å². The van der Waals surface area contributed by atoms with Crippen LogP contribution in [0.15, 0.2) is 42.5 Å². The number of para-hydroxylation sites is 2. The normalized spacial score (nSPS) is 10.0. The number of hydrogen-bond donors (Lipinski definition) is 2. The summed E-state index contributed by atoms with van der Waals surface area (Å²) in [6.45, 7) is -0.456. The van der Waals surface area contributed by atoms with Gasteiger partial charge in [0.1, 0.15) is 5.75 Å². The maximum absolute atomic E-state index is 11.9. The minimum absolute atomic E-state index is 0.114. The van der Waals surface area contributed by atoms with Crippen LogP contribution in [0, 0.1) is 0 Å². The van der Waals surface area contributed by atoms with Crippen LogP contribution in [-0.4, -0.2) is 25.6 Å². The van der Waals surface area contributed by atoms with Gasteiger partial charge in [-0.2, -0.15) is 0 Å².